The van der Waals surface area contributed by atoms with Gasteiger partial charge in [0.25, 0.3) is 5.91 Å². The highest BCUT2D eigenvalue weighted by Crippen LogP contribution is 2.33. The van der Waals surface area contributed by atoms with Crippen molar-refractivity contribution in [1.29, 1.82) is 0 Å². The number of carbonyl (C=O) groups is 1. The largest absolute Gasteiger partial charge is 0.484 e. The molecule has 0 radical (unpaired) electrons. The SMILES string of the molecule is CCC(CCN(C)C(=O)COc1ccccc1)CNOCC(N)(CCC1CCCCC1)c1cccc(Br)c1. The van der Waals surface area contributed by atoms with Crippen LogP contribution in [-0.4, -0.2) is 44.2 Å². The first kappa shape index (κ1) is 30.6. The van der Waals surface area contributed by atoms with E-state index < -0.39 is 5.54 Å². The van der Waals surface area contributed by atoms with Crippen LogP contribution in [0.15, 0.2) is 59.1 Å². The highest BCUT2D eigenvalue weighted by molar-refractivity contribution is 9.10. The Balaban J connectivity index is 1.43. The van der Waals surface area contributed by atoms with Crippen molar-refractivity contribution in [3.63, 3.8) is 0 Å². The van der Waals surface area contributed by atoms with Crippen molar-refractivity contribution >= 4 is 21.8 Å². The Hall–Kier alpha value is -1.93. The van der Waals surface area contributed by atoms with Crippen molar-refractivity contribution in [2.24, 2.45) is 17.6 Å². The van der Waals surface area contributed by atoms with Gasteiger partial charge in [0.15, 0.2) is 6.61 Å². The minimum Gasteiger partial charge on any atom is -0.484 e. The fourth-order valence-corrected chi connectivity index (χ4v) is 5.51. The lowest BCUT2D eigenvalue weighted by Crippen LogP contribution is -2.44. The summed E-state index contributed by atoms with van der Waals surface area (Å²) >= 11 is 3.61. The Labute approximate surface area is 237 Å². The van der Waals surface area contributed by atoms with Gasteiger partial charge in [-0.1, -0.05) is 91.7 Å². The van der Waals surface area contributed by atoms with E-state index in [4.69, 9.17) is 15.3 Å². The van der Waals surface area contributed by atoms with Crippen molar-refractivity contribution in [3.8, 4) is 5.75 Å². The zero-order valence-corrected chi connectivity index (χ0v) is 24.8. The van der Waals surface area contributed by atoms with Crippen molar-refractivity contribution < 1.29 is 14.4 Å². The van der Waals surface area contributed by atoms with Gasteiger partial charge in [-0.15, -0.1) is 0 Å². The second kappa shape index (κ2) is 16.2. The van der Waals surface area contributed by atoms with Gasteiger partial charge in [-0.05, 0) is 60.9 Å². The fraction of sp³-hybridized carbons (Fsp3) is 0.581. The van der Waals surface area contributed by atoms with Crippen LogP contribution in [-0.2, 0) is 15.2 Å². The number of likely N-dealkylation sites (N-methyl/N-ethyl adjacent to an activating group) is 1. The van der Waals surface area contributed by atoms with Crippen molar-refractivity contribution in [1.82, 2.24) is 10.4 Å². The van der Waals surface area contributed by atoms with Crippen LogP contribution in [0, 0.1) is 11.8 Å². The fourth-order valence-electron chi connectivity index (χ4n) is 5.12. The van der Waals surface area contributed by atoms with Gasteiger partial charge < -0.3 is 15.4 Å². The third-order valence-corrected chi connectivity index (χ3v) is 8.40. The normalized spacial score (nSPS) is 16.5. The molecule has 1 amide bonds. The summed E-state index contributed by atoms with van der Waals surface area (Å²) < 4.78 is 6.63. The lowest BCUT2D eigenvalue weighted by atomic mass is 9.80. The van der Waals surface area contributed by atoms with E-state index in [-0.39, 0.29) is 12.5 Å². The van der Waals surface area contributed by atoms with E-state index >= 15 is 0 Å². The van der Waals surface area contributed by atoms with Gasteiger partial charge in [-0.25, -0.2) is 5.48 Å². The summed E-state index contributed by atoms with van der Waals surface area (Å²) in [5, 5.41) is 0. The van der Waals surface area contributed by atoms with Gasteiger partial charge in [0.2, 0.25) is 0 Å². The van der Waals surface area contributed by atoms with Crippen molar-refractivity contribution in [2.75, 3.05) is 33.4 Å². The van der Waals surface area contributed by atoms with Crippen LogP contribution in [0.3, 0.4) is 0 Å². The number of benzene rings is 2. The first-order valence-corrected chi connectivity index (χ1v) is 15.0. The molecule has 1 aliphatic rings. The van der Waals surface area contributed by atoms with Crippen molar-refractivity contribution in [2.45, 2.75) is 70.3 Å². The number of hydrogen-bond acceptors (Lipinski definition) is 5. The highest BCUT2D eigenvalue weighted by Gasteiger charge is 2.30. The molecule has 0 saturated heterocycles. The van der Waals surface area contributed by atoms with Crippen LogP contribution in [0.25, 0.3) is 0 Å². The molecule has 3 N–H and O–H groups in total. The number of amides is 1. The number of nitrogens with two attached hydrogens (primary N) is 1. The molecular weight excluding hydrogens is 542 g/mol. The minimum atomic E-state index is -0.540. The van der Waals surface area contributed by atoms with E-state index in [1.54, 1.807) is 4.90 Å². The van der Waals surface area contributed by atoms with E-state index in [9.17, 15) is 4.79 Å². The van der Waals surface area contributed by atoms with E-state index in [2.05, 4.69) is 40.5 Å². The molecule has 1 aliphatic carbocycles. The van der Waals surface area contributed by atoms with E-state index in [0.717, 1.165) is 48.2 Å². The van der Waals surface area contributed by atoms with E-state index in [1.807, 2.05) is 49.5 Å². The Morgan fingerprint density at radius 2 is 1.92 bits per heavy atom. The van der Waals surface area contributed by atoms with Gasteiger partial charge in [0.1, 0.15) is 5.75 Å². The molecule has 6 nitrogen and oxygen atoms in total. The van der Waals surface area contributed by atoms with Crippen LogP contribution >= 0.6 is 15.9 Å². The number of ether oxygens (including phenoxy) is 1. The van der Waals surface area contributed by atoms with Gasteiger partial charge >= 0.3 is 0 Å². The summed E-state index contributed by atoms with van der Waals surface area (Å²) in [6.45, 7) is 4.04. The quantitative estimate of drug-likeness (QED) is 0.174. The Bertz CT molecular complexity index is 954. The number of carbonyl (C=O) groups excluding carboxylic acids is 1. The molecule has 2 unspecified atom stereocenters. The maximum Gasteiger partial charge on any atom is 0.260 e. The Morgan fingerprint density at radius 3 is 2.63 bits per heavy atom. The van der Waals surface area contributed by atoms with Gasteiger partial charge in [-0.2, -0.15) is 0 Å². The predicted octanol–water partition coefficient (Wildman–Crippen LogP) is 6.44. The number of para-hydroxylation sites is 1. The Morgan fingerprint density at radius 1 is 1.16 bits per heavy atom. The summed E-state index contributed by atoms with van der Waals surface area (Å²) in [6.07, 6.45) is 10.6. The van der Waals surface area contributed by atoms with Crippen LogP contribution < -0.4 is 16.0 Å². The lowest BCUT2D eigenvalue weighted by molar-refractivity contribution is -0.132. The second-order valence-corrected chi connectivity index (χ2v) is 11.7. The van der Waals surface area contributed by atoms with Crippen molar-refractivity contribution in [3.05, 3.63) is 64.6 Å². The number of nitrogens with one attached hydrogen (secondary N) is 1. The number of rotatable bonds is 16. The predicted molar refractivity (Wildman–Crippen MR) is 158 cm³/mol. The molecule has 3 rings (SSSR count). The van der Waals surface area contributed by atoms with Crippen LogP contribution in [0.4, 0.5) is 0 Å². The molecular formula is C31H46BrN3O3. The third-order valence-electron chi connectivity index (χ3n) is 7.91. The molecule has 1 saturated carbocycles. The second-order valence-electron chi connectivity index (χ2n) is 10.8. The van der Waals surface area contributed by atoms with Crippen LogP contribution in [0.5, 0.6) is 5.75 Å². The molecule has 2 atom stereocenters. The highest BCUT2D eigenvalue weighted by atomic mass is 79.9. The van der Waals surface area contributed by atoms with Crippen LogP contribution in [0.1, 0.15) is 70.3 Å². The molecule has 210 valence electrons. The maximum atomic E-state index is 12.5. The lowest BCUT2D eigenvalue weighted by Gasteiger charge is -2.33. The molecule has 0 aromatic heterocycles. The van der Waals surface area contributed by atoms with E-state index in [1.165, 1.54) is 32.1 Å². The molecule has 7 heteroatoms. The first-order chi connectivity index (χ1) is 18.4. The summed E-state index contributed by atoms with van der Waals surface area (Å²) in [5.74, 6) is 1.85. The van der Waals surface area contributed by atoms with Gasteiger partial charge in [-0.3, -0.25) is 9.63 Å². The van der Waals surface area contributed by atoms with Crippen LogP contribution in [0.2, 0.25) is 0 Å². The Kier molecular flexibility index (Phi) is 13.1. The van der Waals surface area contributed by atoms with E-state index in [0.29, 0.717) is 24.8 Å². The average Bonchev–Trinajstić information content (AvgIpc) is 2.95. The standard InChI is InChI=1S/C31H46BrN3O3/c1-3-25(18-20-35(2)30(36)23-37-29-15-8-5-9-16-29)22-34-38-24-31(33,27-13-10-14-28(32)21-27)19-17-26-11-6-4-7-12-26/h5,8-10,13-16,21,25-26,34H,3-4,6-7,11-12,17-20,22-24,33H2,1-2H3. The zero-order chi connectivity index (χ0) is 27.2. The number of halogens is 1. The topological polar surface area (TPSA) is 76.8 Å². The zero-order valence-electron chi connectivity index (χ0n) is 23.2. The van der Waals surface area contributed by atoms with Gasteiger partial charge in [0.05, 0.1) is 12.1 Å². The molecule has 0 bridgehead atoms. The smallest absolute Gasteiger partial charge is 0.260 e. The molecule has 0 heterocycles. The molecule has 38 heavy (non-hydrogen) atoms. The summed E-state index contributed by atoms with van der Waals surface area (Å²) in [7, 11) is 1.83. The monoisotopic (exact) mass is 587 g/mol. The summed E-state index contributed by atoms with van der Waals surface area (Å²) in [6, 6.07) is 17.7. The summed E-state index contributed by atoms with van der Waals surface area (Å²) in [5.41, 5.74) is 10.8. The maximum absolute atomic E-state index is 12.5. The number of hydroxylamine groups is 1. The molecule has 0 spiro atoms. The number of hydrogen-bond donors (Lipinski definition) is 2. The third kappa shape index (κ3) is 10.3. The summed E-state index contributed by atoms with van der Waals surface area (Å²) in [4.78, 5) is 20.2. The minimum absolute atomic E-state index is 0.0205. The first-order valence-electron chi connectivity index (χ1n) is 14.2. The molecule has 0 aliphatic heterocycles. The average molecular weight is 589 g/mol. The number of nitrogens with zero attached hydrogens (tertiary/aromatic N) is 1. The molecule has 1 fully saturated rings. The molecule has 2 aromatic rings. The van der Waals surface area contributed by atoms with Gasteiger partial charge in [0, 0.05) is 24.6 Å². The molecule has 2 aromatic carbocycles.